The summed E-state index contributed by atoms with van der Waals surface area (Å²) in [4.78, 5) is 18.2. The lowest BCUT2D eigenvalue weighted by Gasteiger charge is -2.21. The Labute approximate surface area is 142 Å². The number of nitrogens with one attached hydrogen (secondary N) is 1. The van der Waals surface area contributed by atoms with Crippen LogP contribution in [0.2, 0.25) is 0 Å². The third-order valence-corrected chi connectivity index (χ3v) is 4.29. The third kappa shape index (κ3) is 3.85. The minimum absolute atomic E-state index is 0.0242. The fraction of sp³-hybridized carbons (Fsp3) is 0.368. The summed E-state index contributed by atoms with van der Waals surface area (Å²) in [5.74, 6) is 0.932. The fourth-order valence-electron chi connectivity index (χ4n) is 2.95. The van der Waals surface area contributed by atoms with Gasteiger partial charge in [0.15, 0.2) is 0 Å². The summed E-state index contributed by atoms with van der Waals surface area (Å²) in [6, 6.07) is 11.9. The van der Waals surface area contributed by atoms with E-state index in [1.165, 1.54) is 5.56 Å². The van der Waals surface area contributed by atoms with Crippen LogP contribution in [-0.2, 0) is 12.8 Å². The number of carbonyl (C=O) groups excluding carboxylic acids is 1. The standard InChI is InChI=1S/C19H23N3O2/c1-14-6-5-10-20-17(14)9-11-21-19(23)22(2)13-16-12-15-7-3-4-8-18(15)24-16/h3-8,10,16H,9,11-13H2,1-2H3,(H,21,23)/t16-/m1/s1. The molecule has 1 N–H and O–H groups in total. The Morgan fingerprint density at radius 1 is 1.33 bits per heavy atom. The average Bonchev–Trinajstić information content (AvgIpc) is 2.98. The van der Waals surface area contributed by atoms with Crippen LogP contribution >= 0.6 is 0 Å². The second-order valence-corrected chi connectivity index (χ2v) is 6.18. The van der Waals surface area contributed by atoms with Crippen LogP contribution in [0, 0.1) is 6.92 Å². The van der Waals surface area contributed by atoms with Crippen LogP contribution in [0.3, 0.4) is 0 Å². The van der Waals surface area contributed by atoms with E-state index in [4.69, 9.17) is 4.74 Å². The van der Waals surface area contributed by atoms with Crippen LogP contribution in [0.25, 0.3) is 0 Å². The van der Waals surface area contributed by atoms with Crippen molar-refractivity contribution in [3.05, 3.63) is 59.4 Å². The maximum absolute atomic E-state index is 12.2. The molecule has 2 aromatic rings. The summed E-state index contributed by atoms with van der Waals surface area (Å²) < 4.78 is 5.89. The summed E-state index contributed by atoms with van der Waals surface area (Å²) in [5.41, 5.74) is 3.38. The van der Waals surface area contributed by atoms with Crippen LogP contribution in [0.5, 0.6) is 5.75 Å². The van der Waals surface area contributed by atoms with Crippen molar-refractivity contribution < 1.29 is 9.53 Å². The maximum atomic E-state index is 12.2. The van der Waals surface area contributed by atoms with Gasteiger partial charge in [0.25, 0.3) is 0 Å². The number of ether oxygens (including phenoxy) is 1. The fourth-order valence-corrected chi connectivity index (χ4v) is 2.95. The Morgan fingerprint density at radius 2 is 2.17 bits per heavy atom. The number of hydrogen-bond acceptors (Lipinski definition) is 3. The number of likely N-dealkylation sites (N-methyl/N-ethyl adjacent to an activating group) is 1. The molecule has 1 aromatic carbocycles. The van der Waals surface area contributed by atoms with Crippen LogP contribution in [0.1, 0.15) is 16.8 Å². The highest BCUT2D eigenvalue weighted by Crippen LogP contribution is 2.28. The van der Waals surface area contributed by atoms with Gasteiger partial charge in [-0.2, -0.15) is 0 Å². The maximum Gasteiger partial charge on any atom is 0.317 e. The lowest BCUT2D eigenvalue weighted by Crippen LogP contribution is -2.43. The molecule has 0 spiro atoms. The van der Waals surface area contributed by atoms with Gasteiger partial charge in [0, 0.05) is 38.3 Å². The molecule has 1 aromatic heterocycles. The minimum Gasteiger partial charge on any atom is -0.488 e. The van der Waals surface area contributed by atoms with Gasteiger partial charge >= 0.3 is 6.03 Å². The van der Waals surface area contributed by atoms with Crippen molar-refractivity contribution in [2.75, 3.05) is 20.1 Å². The van der Waals surface area contributed by atoms with Gasteiger partial charge in [0.2, 0.25) is 0 Å². The van der Waals surface area contributed by atoms with E-state index >= 15 is 0 Å². The van der Waals surface area contributed by atoms with E-state index in [-0.39, 0.29) is 12.1 Å². The van der Waals surface area contributed by atoms with Crippen molar-refractivity contribution in [2.45, 2.75) is 25.9 Å². The second-order valence-electron chi connectivity index (χ2n) is 6.18. The van der Waals surface area contributed by atoms with Crippen LogP contribution < -0.4 is 10.1 Å². The number of pyridine rings is 1. The molecule has 5 heteroatoms. The molecule has 0 fully saturated rings. The molecule has 126 valence electrons. The SMILES string of the molecule is Cc1cccnc1CCNC(=O)N(C)C[C@H]1Cc2ccccc2O1. The van der Waals surface area contributed by atoms with E-state index in [9.17, 15) is 4.79 Å². The first-order valence-corrected chi connectivity index (χ1v) is 8.27. The number of aromatic nitrogens is 1. The number of carbonyl (C=O) groups is 1. The van der Waals surface area contributed by atoms with Gasteiger partial charge < -0.3 is 15.0 Å². The van der Waals surface area contributed by atoms with Crippen molar-refractivity contribution >= 4 is 6.03 Å². The number of aryl methyl sites for hydroxylation is 1. The van der Waals surface area contributed by atoms with E-state index < -0.39 is 0 Å². The lowest BCUT2D eigenvalue weighted by atomic mass is 10.1. The zero-order chi connectivity index (χ0) is 16.9. The summed E-state index contributed by atoms with van der Waals surface area (Å²) in [7, 11) is 1.80. The van der Waals surface area contributed by atoms with E-state index in [0.717, 1.165) is 29.8 Å². The number of nitrogens with zero attached hydrogens (tertiary/aromatic N) is 2. The van der Waals surface area contributed by atoms with Crippen LogP contribution in [0.15, 0.2) is 42.6 Å². The van der Waals surface area contributed by atoms with Crippen molar-refractivity contribution in [3.8, 4) is 5.75 Å². The highest BCUT2D eigenvalue weighted by atomic mass is 16.5. The molecule has 3 rings (SSSR count). The van der Waals surface area contributed by atoms with E-state index in [1.807, 2.05) is 37.3 Å². The largest absolute Gasteiger partial charge is 0.488 e. The van der Waals surface area contributed by atoms with Crippen molar-refractivity contribution in [2.24, 2.45) is 0 Å². The predicted molar refractivity (Wildman–Crippen MR) is 93.3 cm³/mol. The van der Waals surface area contributed by atoms with Gasteiger partial charge in [-0.15, -0.1) is 0 Å². The Bertz CT molecular complexity index is 692. The molecular weight excluding hydrogens is 302 g/mol. The molecule has 24 heavy (non-hydrogen) atoms. The Balaban J connectivity index is 1.43. The number of hydrogen-bond donors (Lipinski definition) is 1. The zero-order valence-corrected chi connectivity index (χ0v) is 14.2. The number of amides is 2. The van der Waals surface area contributed by atoms with Crippen LogP contribution in [0.4, 0.5) is 4.79 Å². The van der Waals surface area contributed by atoms with Crippen molar-refractivity contribution in [3.63, 3.8) is 0 Å². The lowest BCUT2D eigenvalue weighted by molar-refractivity contribution is 0.164. The number of para-hydroxylation sites is 1. The van der Waals surface area contributed by atoms with Crippen molar-refractivity contribution in [1.29, 1.82) is 0 Å². The van der Waals surface area contributed by atoms with Crippen LogP contribution in [-0.4, -0.2) is 42.2 Å². The normalized spacial score (nSPS) is 15.5. The summed E-state index contributed by atoms with van der Waals surface area (Å²) in [6.07, 6.45) is 3.39. The Morgan fingerprint density at radius 3 is 2.96 bits per heavy atom. The molecule has 5 nitrogen and oxygen atoms in total. The molecule has 1 aliphatic heterocycles. The molecule has 0 saturated carbocycles. The van der Waals surface area contributed by atoms with Gasteiger partial charge in [0.05, 0.1) is 6.54 Å². The smallest absolute Gasteiger partial charge is 0.317 e. The molecule has 0 radical (unpaired) electrons. The van der Waals surface area contributed by atoms with Gasteiger partial charge in [-0.3, -0.25) is 4.98 Å². The van der Waals surface area contributed by atoms with Gasteiger partial charge in [0.1, 0.15) is 11.9 Å². The number of fused-ring (bicyclic) bond motifs is 1. The quantitative estimate of drug-likeness (QED) is 0.919. The van der Waals surface area contributed by atoms with E-state index in [0.29, 0.717) is 13.1 Å². The Hall–Kier alpha value is -2.56. The second kappa shape index (κ2) is 7.34. The van der Waals surface area contributed by atoms with Gasteiger partial charge in [-0.25, -0.2) is 4.79 Å². The Kier molecular flexibility index (Phi) is 4.99. The predicted octanol–water partition coefficient (Wildman–Crippen LogP) is 2.58. The van der Waals surface area contributed by atoms with Gasteiger partial charge in [-0.05, 0) is 30.2 Å². The molecule has 1 aliphatic rings. The summed E-state index contributed by atoms with van der Waals surface area (Å²) >= 11 is 0. The highest BCUT2D eigenvalue weighted by molar-refractivity contribution is 5.73. The molecule has 1 atom stereocenters. The monoisotopic (exact) mass is 325 g/mol. The first-order chi connectivity index (χ1) is 11.6. The summed E-state index contributed by atoms with van der Waals surface area (Å²) in [5, 5.41) is 2.94. The molecular formula is C19H23N3O2. The number of urea groups is 1. The number of benzene rings is 1. The van der Waals surface area contributed by atoms with E-state index in [1.54, 1.807) is 18.1 Å². The molecule has 0 bridgehead atoms. The topological polar surface area (TPSA) is 54.5 Å². The average molecular weight is 325 g/mol. The molecule has 0 unspecified atom stereocenters. The van der Waals surface area contributed by atoms with Crippen molar-refractivity contribution in [1.82, 2.24) is 15.2 Å². The molecule has 2 heterocycles. The zero-order valence-electron chi connectivity index (χ0n) is 14.2. The summed E-state index contributed by atoms with van der Waals surface area (Å²) in [6.45, 7) is 3.18. The third-order valence-electron chi connectivity index (χ3n) is 4.29. The highest BCUT2D eigenvalue weighted by Gasteiger charge is 2.24. The molecule has 0 saturated heterocycles. The molecule has 2 amide bonds. The first-order valence-electron chi connectivity index (χ1n) is 8.27. The van der Waals surface area contributed by atoms with E-state index in [2.05, 4.69) is 16.4 Å². The molecule has 0 aliphatic carbocycles. The first kappa shape index (κ1) is 16.3. The number of rotatable bonds is 5. The minimum atomic E-state index is -0.0804. The van der Waals surface area contributed by atoms with Gasteiger partial charge in [-0.1, -0.05) is 24.3 Å².